The molecule has 2 aliphatic rings. The largest absolute Gasteiger partial charge is 0.375 e. The molecule has 2 fully saturated rings. The molecule has 134 valence electrons. The smallest absolute Gasteiger partial charge is 0.0208 e. The minimum atomic E-state index is 0.525. The van der Waals surface area contributed by atoms with Crippen LogP contribution in [-0.2, 0) is 0 Å². The van der Waals surface area contributed by atoms with Crippen LogP contribution in [0, 0.1) is 35.0 Å². The molecule has 0 aromatic heterocycles. The zero-order valence-electron chi connectivity index (χ0n) is 16.9. The Morgan fingerprint density at radius 1 is 1.30 bits per heavy atom. The van der Waals surface area contributed by atoms with Crippen molar-refractivity contribution >= 4 is 0 Å². The van der Waals surface area contributed by atoms with E-state index < -0.39 is 0 Å². The zero-order valence-corrected chi connectivity index (χ0v) is 16.9. The number of piperidine rings is 1. The Kier molecular flexibility index (Phi) is 6.25. The molecule has 4 unspecified atom stereocenters. The first-order chi connectivity index (χ1) is 10.8. The van der Waals surface area contributed by atoms with Gasteiger partial charge in [-0.05, 0) is 55.3 Å². The summed E-state index contributed by atoms with van der Waals surface area (Å²) in [5.41, 5.74) is 2.21. The van der Waals surface area contributed by atoms with Gasteiger partial charge in [-0.15, -0.1) is 0 Å². The van der Waals surface area contributed by atoms with E-state index in [4.69, 9.17) is 0 Å². The molecule has 0 aromatic rings. The topological polar surface area (TPSA) is 3.24 Å². The van der Waals surface area contributed by atoms with Gasteiger partial charge in [-0.3, -0.25) is 0 Å². The number of nitrogens with zero attached hydrogens (tertiary/aromatic N) is 1. The Hall–Kier alpha value is -0.460. The summed E-state index contributed by atoms with van der Waals surface area (Å²) in [7, 11) is 0. The number of unbranched alkanes of at least 4 members (excludes halogenated alkanes) is 1. The van der Waals surface area contributed by atoms with Gasteiger partial charge in [-0.1, -0.05) is 60.5 Å². The second-order valence-corrected chi connectivity index (χ2v) is 9.42. The summed E-state index contributed by atoms with van der Waals surface area (Å²) in [6.07, 6.45) is 9.34. The number of rotatable bonds is 7. The van der Waals surface area contributed by atoms with Gasteiger partial charge in [0.25, 0.3) is 0 Å². The SMILES string of the molecule is CC=C(C1C(C)C1CC(C)C)N1CCC(C)(C)C(CCCC)C1. The van der Waals surface area contributed by atoms with Crippen molar-refractivity contribution in [1.82, 2.24) is 4.90 Å². The third-order valence-corrected chi connectivity index (χ3v) is 6.79. The average molecular weight is 320 g/mol. The van der Waals surface area contributed by atoms with Gasteiger partial charge in [0.05, 0.1) is 0 Å². The standard InChI is InChI=1S/C22H41N/c1-8-10-11-18-15-23(13-12-22(18,6)7)20(9-2)21-17(5)19(21)14-16(3)4/h9,16-19,21H,8,10-15H2,1-7H3. The van der Waals surface area contributed by atoms with Gasteiger partial charge >= 0.3 is 0 Å². The van der Waals surface area contributed by atoms with Crippen LogP contribution in [0.25, 0.3) is 0 Å². The van der Waals surface area contributed by atoms with Crippen molar-refractivity contribution in [2.75, 3.05) is 13.1 Å². The van der Waals surface area contributed by atoms with Crippen LogP contribution in [0.5, 0.6) is 0 Å². The summed E-state index contributed by atoms with van der Waals surface area (Å²) in [6, 6.07) is 0. The Bertz CT molecular complexity index is 406. The van der Waals surface area contributed by atoms with Crippen molar-refractivity contribution in [2.45, 2.75) is 80.6 Å². The van der Waals surface area contributed by atoms with Crippen LogP contribution < -0.4 is 0 Å². The van der Waals surface area contributed by atoms with Crippen LogP contribution in [0.2, 0.25) is 0 Å². The van der Waals surface area contributed by atoms with E-state index >= 15 is 0 Å². The summed E-state index contributed by atoms with van der Waals surface area (Å²) in [5, 5.41) is 0. The first-order valence-electron chi connectivity index (χ1n) is 10.2. The van der Waals surface area contributed by atoms with E-state index in [0.717, 1.165) is 29.6 Å². The molecular formula is C22H41N. The van der Waals surface area contributed by atoms with Gasteiger partial charge in [-0.2, -0.15) is 0 Å². The first-order valence-corrected chi connectivity index (χ1v) is 10.2. The lowest BCUT2D eigenvalue weighted by atomic mass is 9.71. The lowest BCUT2D eigenvalue weighted by Crippen LogP contribution is -2.44. The molecule has 1 nitrogen and oxygen atoms in total. The fraction of sp³-hybridized carbons (Fsp3) is 0.909. The molecule has 0 aromatic carbocycles. The van der Waals surface area contributed by atoms with Crippen molar-refractivity contribution in [1.29, 1.82) is 0 Å². The maximum atomic E-state index is 2.77. The van der Waals surface area contributed by atoms with Crippen molar-refractivity contribution in [3.8, 4) is 0 Å². The van der Waals surface area contributed by atoms with Gasteiger partial charge in [0, 0.05) is 24.7 Å². The third kappa shape index (κ3) is 4.34. The van der Waals surface area contributed by atoms with Crippen LogP contribution in [0.4, 0.5) is 0 Å². The van der Waals surface area contributed by atoms with E-state index in [1.165, 1.54) is 45.2 Å². The molecule has 0 spiro atoms. The zero-order chi connectivity index (χ0) is 17.2. The monoisotopic (exact) mass is 319 g/mol. The highest BCUT2D eigenvalue weighted by Gasteiger charge is 2.50. The fourth-order valence-corrected chi connectivity index (χ4v) is 4.92. The Balaban J connectivity index is 2.02. The van der Waals surface area contributed by atoms with E-state index in [1.807, 2.05) is 0 Å². The lowest BCUT2D eigenvalue weighted by molar-refractivity contribution is 0.0687. The van der Waals surface area contributed by atoms with Gasteiger partial charge in [0.15, 0.2) is 0 Å². The molecule has 0 N–H and O–H groups in total. The molecule has 1 saturated carbocycles. The van der Waals surface area contributed by atoms with E-state index in [1.54, 1.807) is 5.70 Å². The number of hydrogen-bond acceptors (Lipinski definition) is 1. The van der Waals surface area contributed by atoms with Crippen molar-refractivity contribution < 1.29 is 0 Å². The number of likely N-dealkylation sites (tertiary alicyclic amines) is 1. The van der Waals surface area contributed by atoms with E-state index in [-0.39, 0.29) is 0 Å². The highest BCUT2D eigenvalue weighted by Crippen LogP contribution is 2.55. The van der Waals surface area contributed by atoms with Gasteiger partial charge in [0.1, 0.15) is 0 Å². The van der Waals surface area contributed by atoms with Gasteiger partial charge in [0.2, 0.25) is 0 Å². The van der Waals surface area contributed by atoms with Crippen molar-refractivity contribution in [3.05, 3.63) is 11.8 Å². The normalized spacial score (nSPS) is 34.1. The van der Waals surface area contributed by atoms with E-state index in [0.29, 0.717) is 5.41 Å². The van der Waals surface area contributed by atoms with Crippen LogP contribution in [0.15, 0.2) is 11.8 Å². The maximum Gasteiger partial charge on any atom is 0.0208 e. The molecule has 0 amide bonds. The Morgan fingerprint density at radius 3 is 2.57 bits per heavy atom. The number of allylic oxidation sites excluding steroid dienone is 2. The highest BCUT2D eigenvalue weighted by atomic mass is 15.2. The van der Waals surface area contributed by atoms with Gasteiger partial charge in [-0.25, -0.2) is 0 Å². The Labute approximate surface area is 145 Å². The minimum Gasteiger partial charge on any atom is -0.375 e. The lowest BCUT2D eigenvalue weighted by Gasteiger charge is -2.46. The molecular weight excluding hydrogens is 278 g/mol. The van der Waals surface area contributed by atoms with Crippen molar-refractivity contribution in [3.63, 3.8) is 0 Å². The molecule has 23 heavy (non-hydrogen) atoms. The third-order valence-electron chi connectivity index (χ3n) is 6.79. The van der Waals surface area contributed by atoms with Crippen molar-refractivity contribution in [2.24, 2.45) is 35.0 Å². The van der Waals surface area contributed by atoms with Crippen LogP contribution in [0.1, 0.15) is 80.6 Å². The molecule has 1 aliphatic heterocycles. The molecule has 0 bridgehead atoms. The minimum absolute atomic E-state index is 0.525. The molecule has 1 saturated heterocycles. The molecule has 0 radical (unpaired) electrons. The summed E-state index contributed by atoms with van der Waals surface area (Å²) in [4.78, 5) is 2.77. The first kappa shape index (κ1) is 18.9. The summed E-state index contributed by atoms with van der Waals surface area (Å²) in [6.45, 7) is 19.4. The quantitative estimate of drug-likeness (QED) is 0.528. The van der Waals surface area contributed by atoms with Crippen LogP contribution in [-0.4, -0.2) is 18.0 Å². The molecule has 4 atom stereocenters. The van der Waals surface area contributed by atoms with E-state index in [9.17, 15) is 0 Å². The second-order valence-electron chi connectivity index (χ2n) is 9.42. The summed E-state index contributed by atoms with van der Waals surface area (Å²) in [5.74, 6) is 4.38. The molecule has 1 heterocycles. The molecule has 1 aliphatic carbocycles. The number of hydrogen-bond donors (Lipinski definition) is 0. The average Bonchev–Trinajstić information content (AvgIpc) is 3.08. The molecule has 2 rings (SSSR count). The fourth-order valence-electron chi connectivity index (χ4n) is 4.92. The summed E-state index contributed by atoms with van der Waals surface area (Å²) < 4.78 is 0. The van der Waals surface area contributed by atoms with Crippen LogP contribution >= 0.6 is 0 Å². The predicted octanol–water partition coefficient (Wildman–Crippen LogP) is 6.36. The highest BCUT2D eigenvalue weighted by molar-refractivity contribution is 5.18. The van der Waals surface area contributed by atoms with E-state index in [2.05, 4.69) is 59.4 Å². The van der Waals surface area contributed by atoms with Crippen LogP contribution in [0.3, 0.4) is 0 Å². The maximum absolute atomic E-state index is 2.77. The second kappa shape index (κ2) is 7.62. The predicted molar refractivity (Wildman–Crippen MR) is 102 cm³/mol. The van der Waals surface area contributed by atoms with Gasteiger partial charge < -0.3 is 4.90 Å². The Morgan fingerprint density at radius 2 is 2.00 bits per heavy atom. The summed E-state index contributed by atoms with van der Waals surface area (Å²) >= 11 is 0. The molecule has 1 heteroatoms.